The normalized spacial score (nSPS) is 18.5. The fourth-order valence-electron chi connectivity index (χ4n) is 2.40. The Morgan fingerprint density at radius 1 is 1.32 bits per heavy atom. The first-order valence-electron chi connectivity index (χ1n) is 6.68. The van der Waals surface area contributed by atoms with Gasteiger partial charge in [0, 0.05) is 13.0 Å². The highest BCUT2D eigenvalue weighted by molar-refractivity contribution is 5.40. The summed E-state index contributed by atoms with van der Waals surface area (Å²) in [6, 6.07) is 1.60. The summed E-state index contributed by atoms with van der Waals surface area (Å²) in [5.41, 5.74) is 1.28. The molecule has 2 nitrogen and oxygen atoms in total. The van der Waals surface area contributed by atoms with Gasteiger partial charge in [-0.1, -0.05) is 13.8 Å². The van der Waals surface area contributed by atoms with E-state index in [1.807, 2.05) is 0 Å². The topological polar surface area (TPSA) is 18.5 Å². The lowest BCUT2D eigenvalue weighted by atomic mass is 9.89. The molecule has 0 heterocycles. The number of ether oxygens (including phenoxy) is 2. The average molecular weight is 270 g/mol. The third kappa shape index (κ3) is 3.06. The summed E-state index contributed by atoms with van der Waals surface area (Å²) in [7, 11) is 1.35. The van der Waals surface area contributed by atoms with E-state index in [2.05, 4.69) is 13.8 Å². The molecule has 2 rings (SSSR count). The van der Waals surface area contributed by atoms with Crippen LogP contribution in [0.4, 0.5) is 8.78 Å². The highest BCUT2D eigenvalue weighted by atomic mass is 19.2. The third-order valence-electron chi connectivity index (χ3n) is 3.42. The minimum atomic E-state index is -0.897. The predicted molar refractivity (Wildman–Crippen MR) is 69.5 cm³/mol. The van der Waals surface area contributed by atoms with Crippen molar-refractivity contribution in [3.05, 3.63) is 28.8 Å². The lowest BCUT2D eigenvalue weighted by Gasteiger charge is -2.26. The van der Waals surface area contributed by atoms with Gasteiger partial charge in [0.1, 0.15) is 0 Å². The molecule has 4 heteroatoms. The quantitative estimate of drug-likeness (QED) is 0.833. The van der Waals surface area contributed by atoms with E-state index in [-0.39, 0.29) is 11.9 Å². The molecule has 0 aliphatic heterocycles. The molecule has 0 bridgehead atoms. The maximum atomic E-state index is 14.0. The molecule has 1 aliphatic carbocycles. The van der Waals surface area contributed by atoms with Crippen LogP contribution in [0.5, 0.6) is 5.75 Å². The second-order valence-corrected chi connectivity index (χ2v) is 5.44. The van der Waals surface area contributed by atoms with Crippen LogP contribution in [0.25, 0.3) is 0 Å². The van der Waals surface area contributed by atoms with Crippen molar-refractivity contribution in [2.45, 2.75) is 39.2 Å². The summed E-state index contributed by atoms with van der Waals surface area (Å²) in [5, 5.41) is 0. The Kier molecular flexibility index (Phi) is 4.40. The standard InChI is InChI=1S/C15H20F2O2/c1-9(2)8-19-11-5-4-10-6-13(18-3)15(17)14(16)12(10)7-11/h6,9,11H,4-5,7-8H2,1-3H3. The zero-order chi connectivity index (χ0) is 14.0. The van der Waals surface area contributed by atoms with Gasteiger partial charge in [0.25, 0.3) is 0 Å². The van der Waals surface area contributed by atoms with Crippen molar-refractivity contribution in [1.29, 1.82) is 0 Å². The van der Waals surface area contributed by atoms with Gasteiger partial charge in [-0.25, -0.2) is 4.39 Å². The first kappa shape index (κ1) is 14.3. The van der Waals surface area contributed by atoms with Crippen molar-refractivity contribution in [2.75, 3.05) is 13.7 Å². The summed E-state index contributed by atoms with van der Waals surface area (Å²) in [6.07, 6.45) is 1.96. The molecule has 19 heavy (non-hydrogen) atoms. The zero-order valence-corrected chi connectivity index (χ0v) is 11.6. The number of hydrogen-bond donors (Lipinski definition) is 0. The Morgan fingerprint density at radius 3 is 2.68 bits per heavy atom. The number of fused-ring (bicyclic) bond motifs is 1. The number of methoxy groups -OCH3 is 1. The van der Waals surface area contributed by atoms with E-state index in [0.717, 1.165) is 12.0 Å². The number of aryl methyl sites for hydroxylation is 1. The van der Waals surface area contributed by atoms with Crippen LogP contribution in [0.3, 0.4) is 0 Å². The molecule has 0 amide bonds. The lowest BCUT2D eigenvalue weighted by Crippen LogP contribution is -2.25. The first-order chi connectivity index (χ1) is 9.02. The predicted octanol–water partition coefficient (Wildman–Crippen LogP) is 3.50. The molecule has 1 aromatic carbocycles. The van der Waals surface area contributed by atoms with E-state index >= 15 is 0 Å². The van der Waals surface area contributed by atoms with Gasteiger partial charge >= 0.3 is 0 Å². The van der Waals surface area contributed by atoms with E-state index in [9.17, 15) is 8.78 Å². The minimum absolute atomic E-state index is 0.0159. The Hall–Kier alpha value is -1.16. The molecule has 0 radical (unpaired) electrons. The van der Waals surface area contributed by atoms with Crippen LogP contribution >= 0.6 is 0 Å². The van der Waals surface area contributed by atoms with Crippen molar-refractivity contribution in [2.24, 2.45) is 5.92 Å². The lowest BCUT2D eigenvalue weighted by molar-refractivity contribution is 0.0270. The molecule has 0 saturated carbocycles. The summed E-state index contributed by atoms with van der Waals surface area (Å²) >= 11 is 0. The minimum Gasteiger partial charge on any atom is -0.494 e. The average Bonchev–Trinajstić information content (AvgIpc) is 2.40. The van der Waals surface area contributed by atoms with Crippen LogP contribution in [0.1, 0.15) is 31.4 Å². The molecular weight excluding hydrogens is 250 g/mol. The Balaban J connectivity index is 2.18. The third-order valence-corrected chi connectivity index (χ3v) is 3.42. The molecule has 0 spiro atoms. The molecule has 0 aromatic heterocycles. The first-order valence-corrected chi connectivity index (χ1v) is 6.68. The Bertz CT molecular complexity index is 458. The van der Waals surface area contributed by atoms with Gasteiger partial charge in [-0.2, -0.15) is 4.39 Å². The van der Waals surface area contributed by atoms with Crippen molar-refractivity contribution >= 4 is 0 Å². The van der Waals surface area contributed by atoms with Crippen molar-refractivity contribution < 1.29 is 18.3 Å². The fourth-order valence-corrected chi connectivity index (χ4v) is 2.40. The Labute approximate surface area is 112 Å². The molecule has 1 aliphatic rings. The molecular formula is C15H20F2O2. The SMILES string of the molecule is COc1cc2c(c(F)c1F)CC(OCC(C)C)CC2. The van der Waals surface area contributed by atoms with Gasteiger partial charge in [0.05, 0.1) is 13.2 Å². The van der Waals surface area contributed by atoms with Crippen LogP contribution in [-0.2, 0) is 17.6 Å². The van der Waals surface area contributed by atoms with Gasteiger partial charge in [-0.05, 0) is 36.0 Å². The van der Waals surface area contributed by atoms with E-state index in [4.69, 9.17) is 9.47 Å². The molecule has 106 valence electrons. The smallest absolute Gasteiger partial charge is 0.200 e. The Morgan fingerprint density at radius 2 is 2.05 bits per heavy atom. The number of benzene rings is 1. The zero-order valence-electron chi connectivity index (χ0n) is 11.6. The fraction of sp³-hybridized carbons (Fsp3) is 0.600. The van der Waals surface area contributed by atoms with E-state index in [0.29, 0.717) is 30.9 Å². The van der Waals surface area contributed by atoms with Gasteiger partial charge < -0.3 is 9.47 Å². The maximum absolute atomic E-state index is 14.0. The molecule has 1 atom stereocenters. The largest absolute Gasteiger partial charge is 0.494 e. The summed E-state index contributed by atoms with van der Waals surface area (Å²) in [6.45, 7) is 4.80. The molecule has 0 saturated heterocycles. The van der Waals surface area contributed by atoms with Crippen LogP contribution in [-0.4, -0.2) is 19.8 Å². The second kappa shape index (κ2) is 5.87. The van der Waals surface area contributed by atoms with Crippen molar-refractivity contribution in [1.82, 2.24) is 0 Å². The van der Waals surface area contributed by atoms with E-state index in [1.165, 1.54) is 7.11 Å². The van der Waals surface area contributed by atoms with Crippen molar-refractivity contribution in [3.63, 3.8) is 0 Å². The van der Waals surface area contributed by atoms with E-state index < -0.39 is 11.6 Å². The van der Waals surface area contributed by atoms with Crippen LogP contribution in [0.15, 0.2) is 6.07 Å². The monoisotopic (exact) mass is 270 g/mol. The summed E-state index contributed by atoms with van der Waals surface area (Å²) < 4.78 is 38.3. The van der Waals surface area contributed by atoms with Crippen LogP contribution in [0, 0.1) is 17.6 Å². The molecule has 0 N–H and O–H groups in total. The van der Waals surface area contributed by atoms with Gasteiger partial charge in [-0.3, -0.25) is 0 Å². The molecule has 1 aromatic rings. The van der Waals surface area contributed by atoms with Crippen LogP contribution < -0.4 is 4.74 Å². The number of rotatable bonds is 4. The molecule has 0 fully saturated rings. The van der Waals surface area contributed by atoms with Gasteiger partial charge in [0.15, 0.2) is 11.6 Å². The number of hydrogen-bond acceptors (Lipinski definition) is 2. The van der Waals surface area contributed by atoms with E-state index in [1.54, 1.807) is 6.07 Å². The van der Waals surface area contributed by atoms with Gasteiger partial charge in [0.2, 0.25) is 5.82 Å². The second-order valence-electron chi connectivity index (χ2n) is 5.44. The highest BCUT2D eigenvalue weighted by Gasteiger charge is 2.26. The number of halogens is 2. The summed E-state index contributed by atoms with van der Waals surface area (Å²) in [4.78, 5) is 0. The van der Waals surface area contributed by atoms with Gasteiger partial charge in [-0.15, -0.1) is 0 Å². The van der Waals surface area contributed by atoms with Crippen molar-refractivity contribution in [3.8, 4) is 5.75 Å². The van der Waals surface area contributed by atoms with Crippen LogP contribution in [0.2, 0.25) is 0 Å². The highest BCUT2D eigenvalue weighted by Crippen LogP contribution is 2.32. The maximum Gasteiger partial charge on any atom is 0.200 e. The summed E-state index contributed by atoms with van der Waals surface area (Å²) in [5.74, 6) is -1.25. The molecule has 1 unspecified atom stereocenters.